The molecule has 0 unspecified atom stereocenters. The molecule has 2 aromatic heterocycles. The number of hydrogen-bond donors (Lipinski definition) is 1. The van der Waals surface area contributed by atoms with E-state index in [4.69, 9.17) is 0 Å². The summed E-state index contributed by atoms with van der Waals surface area (Å²) in [7, 11) is 0. The van der Waals surface area contributed by atoms with Crippen LogP contribution in [0.25, 0.3) is 5.78 Å². The summed E-state index contributed by atoms with van der Waals surface area (Å²) in [6.45, 7) is 7.52. The van der Waals surface area contributed by atoms with Crippen LogP contribution in [0, 0.1) is 5.92 Å². The van der Waals surface area contributed by atoms with E-state index in [-0.39, 0.29) is 17.2 Å². The lowest BCUT2D eigenvalue weighted by atomic mass is 9.95. The minimum atomic E-state index is -0.393. The lowest BCUT2D eigenvalue weighted by Crippen LogP contribution is -2.45. The van der Waals surface area contributed by atoms with E-state index in [1.54, 1.807) is 0 Å². The average Bonchev–Trinajstić information content (AvgIpc) is 2.92. The molecule has 8 heteroatoms. The minimum Gasteiger partial charge on any atom is -0.337 e. The summed E-state index contributed by atoms with van der Waals surface area (Å²) in [6.07, 6.45) is 7.23. The summed E-state index contributed by atoms with van der Waals surface area (Å²) in [5.74, 6) is 0.498. The third kappa shape index (κ3) is 3.05. The van der Waals surface area contributed by atoms with Crippen LogP contribution in [0.3, 0.4) is 0 Å². The molecule has 5 heterocycles. The molecular formula is C18H24N6O2. The molecule has 2 atom stereocenters. The van der Waals surface area contributed by atoms with Crippen LogP contribution in [0.1, 0.15) is 37.0 Å². The zero-order valence-corrected chi connectivity index (χ0v) is 15.2. The monoisotopic (exact) mass is 356 g/mol. The number of nitrogens with one attached hydrogen (secondary N) is 1. The first-order valence-electron chi connectivity index (χ1n) is 9.10. The highest BCUT2D eigenvalue weighted by Gasteiger charge is 2.36. The van der Waals surface area contributed by atoms with Crippen molar-refractivity contribution in [3.05, 3.63) is 40.1 Å². The molecule has 3 saturated heterocycles. The Morgan fingerprint density at radius 1 is 1.27 bits per heavy atom. The number of fused-ring (bicyclic) bond motifs is 5. The Bertz CT molecular complexity index is 910. The van der Waals surface area contributed by atoms with E-state index in [1.807, 2.05) is 4.90 Å². The minimum absolute atomic E-state index is 0.101. The maximum absolute atomic E-state index is 13.0. The molecule has 2 bridgehead atoms. The van der Waals surface area contributed by atoms with Gasteiger partial charge in [-0.15, -0.1) is 0 Å². The number of hydrogen-bond acceptors (Lipinski definition) is 5. The summed E-state index contributed by atoms with van der Waals surface area (Å²) in [6, 6.07) is 0.347. The maximum Gasteiger partial charge on any atom is 0.286 e. The van der Waals surface area contributed by atoms with Gasteiger partial charge in [-0.25, -0.2) is 9.97 Å². The standard InChI is InChI=1S/C18H24N6O2/c1-12(2)5-6-22-8-13-3-4-14(22)10-23(9-13)16(25)15-7-19-18-20-11-21-24(18)17(15)26/h5,7,11,13-14H,3-4,6,8-10H2,1-2H3,(H,19,20,21)/t13-,14-/m1/s1. The van der Waals surface area contributed by atoms with Crippen molar-refractivity contribution >= 4 is 11.7 Å². The Labute approximate surface area is 151 Å². The number of aromatic amines is 1. The van der Waals surface area contributed by atoms with Crippen molar-refractivity contribution in [3.63, 3.8) is 0 Å². The van der Waals surface area contributed by atoms with Crippen molar-refractivity contribution in [1.29, 1.82) is 0 Å². The lowest BCUT2D eigenvalue weighted by molar-refractivity contribution is 0.0738. The van der Waals surface area contributed by atoms with Gasteiger partial charge in [-0.2, -0.15) is 4.52 Å². The molecule has 5 rings (SSSR count). The van der Waals surface area contributed by atoms with Gasteiger partial charge in [0.25, 0.3) is 17.2 Å². The van der Waals surface area contributed by atoms with Crippen LogP contribution >= 0.6 is 0 Å². The Balaban J connectivity index is 1.58. The molecular weight excluding hydrogens is 332 g/mol. The van der Waals surface area contributed by atoms with Crippen LogP contribution < -0.4 is 5.56 Å². The molecule has 0 aromatic carbocycles. The van der Waals surface area contributed by atoms with Gasteiger partial charge in [-0.3, -0.25) is 19.6 Å². The van der Waals surface area contributed by atoms with Crippen LogP contribution in [0.15, 0.2) is 29.0 Å². The molecule has 3 aliphatic rings. The molecule has 1 amide bonds. The van der Waals surface area contributed by atoms with Gasteiger partial charge >= 0.3 is 0 Å². The third-order valence-corrected chi connectivity index (χ3v) is 5.39. The van der Waals surface area contributed by atoms with Gasteiger partial charge in [0, 0.05) is 38.4 Å². The number of carbonyl (C=O) groups is 1. The van der Waals surface area contributed by atoms with Crippen molar-refractivity contribution in [2.75, 3.05) is 26.2 Å². The van der Waals surface area contributed by atoms with Crippen LogP contribution in [0.5, 0.6) is 0 Å². The number of carbonyl (C=O) groups excluding carboxylic acids is 1. The fraction of sp³-hybridized carbons (Fsp3) is 0.556. The second-order valence-corrected chi connectivity index (χ2v) is 7.54. The van der Waals surface area contributed by atoms with Crippen molar-refractivity contribution in [2.45, 2.75) is 32.7 Å². The number of rotatable bonds is 3. The van der Waals surface area contributed by atoms with Crippen LogP contribution in [-0.2, 0) is 0 Å². The Morgan fingerprint density at radius 3 is 2.92 bits per heavy atom. The second kappa shape index (κ2) is 6.68. The van der Waals surface area contributed by atoms with E-state index in [0.717, 1.165) is 25.9 Å². The third-order valence-electron chi connectivity index (χ3n) is 5.39. The van der Waals surface area contributed by atoms with Gasteiger partial charge < -0.3 is 4.90 Å². The molecule has 3 aliphatic heterocycles. The van der Waals surface area contributed by atoms with Crippen molar-refractivity contribution in [1.82, 2.24) is 29.4 Å². The highest BCUT2D eigenvalue weighted by molar-refractivity contribution is 5.93. The predicted molar refractivity (Wildman–Crippen MR) is 97.0 cm³/mol. The topological polar surface area (TPSA) is 86.6 Å². The van der Waals surface area contributed by atoms with Gasteiger partial charge in [-0.05, 0) is 32.6 Å². The Hall–Kier alpha value is -2.48. The van der Waals surface area contributed by atoms with Gasteiger partial charge in [0.15, 0.2) is 0 Å². The van der Waals surface area contributed by atoms with Gasteiger partial charge in [0.2, 0.25) is 0 Å². The zero-order chi connectivity index (χ0) is 18.3. The van der Waals surface area contributed by atoms with E-state index in [0.29, 0.717) is 25.0 Å². The van der Waals surface area contributed by atoms with Gasteiger partial charge in [-0.1, -0.05) is 11.6 Å². The number of allylic oxidation sites excluding steroid dienone is 1. The molecule has 3 fully saturated rings. The van der Waals surface area contributed by atoms with E-state index in [2.05, 4.69) is 39.9 Å². The quantitative estimate of drug-likeness (QED) is 0.827. The first-order valence-corrected chi connectivity index (χ1v) is 9.10. The van der Waals surface area contributed by atoms with Crippen molar-refractivity contribution < 1.29 is 4.79 Å². The Kier molecular flexibility index (Phi) is 4.36. The largest absolute Gasteiger partial charge is 0.337 e. The first-order chi connectivity index (χ1) is 12.5. The highest BCUT2D eigenvalue weighted by atomic mass is 16.2. The number of H-pyrrole nitrogens is 1. The molecule has 0 aliphatic carbocycles. The summed E-state index contributed by atoms with van der Waals surface area (Å²) in [5.41, 5.74) is 1.02. The number of aromatic nitrogens is 4. The fourth-order valence-corrected chi connectivity index (χ4v) is 3.98. The van der Waals surface area contributed by atoms with E-state index in [1.165, 1.54) is 22.6 Å². The fourth-order valence-electron chi connectivity index (χ4n) is 3.98. The van der Waals surface area contributed by atoms with E-state index >= 15 is 0 Å². The first kappa shape index (κ1) is 17.0. The van der Waals surface area contributed by atoms with Gasteiger partial charge in [0.1, 0.15) is 11.9 Å². The molecule has 2 aromatic rings. The van der Waals surface area contributed by atoms with E-state index in [9.17, 15) is 9.59 Å². The summed E-state index contributed by atoms with van der Waals surface area (Å²) in [4.78, 5) is 38.0. The average molecular weight is 356 g/mol. The molecule has 0 spiro atoms. The van der Waals surface area contributed by atoms with Crippen molar-refractivity contribution in [3.8, 4) is 0 Å². The predicted octanol–water partition coefficient (Wildman–Crippen LogP) is 0.920. The molecule has 26 heavy (non-hydrogen) atoms. The van der Waals surface area contributed by atoms with Crippen LogP contribution in [0.4, 0.5) is 0 Å². The lowest BCUT2D eigenvalue weighted by Gasteiger charge is -2.35. The summed E-state index contributed by atoms with van der Waals surface area (Å²) >= 11 is 0. The normalized spacial score (nSPS) is 23.2. The van der Waals surface area contributed by atoms with Crippen LogP contribution in [0.2, 0.25) is 0 Å². The molecule has 0 radical (unpaired) electrons. The van der Waals surface area contributed by atoms with Crippen LogP contribution in [-0.4, -0.2) is 67.5 Å². The SMILES string of the molecule is CC(C)=CCN1C[C@H]2CC[C@@H]1CN(C(=O)c1cnc3nc[nH]n3c1=O)C2. The second-order valence-electron chi connectivity index (χ2n) is 7.54. The summed E-state index contributed by atoms with van der Waals surface area (Å²) < 4.78 is 1.21. The smallest absolute Gasteiger partial charge is 0.286 e. The highest BCUT2D eigenvalue weighted by Crippen LogP contribution is 2.28. The number of amides is 1. The van der Waals surface area contributed by atoms with Crippen molar-refractivity contribution in [2.24, 2.45) is 5.92 Å². The molecule has 138 valence electrons. The zero-order valence-electron chi connectivity index (χ0n) is 15.2. The molecule has 8 nitrogen and oxygen atoms in total. The molecule has 1 N–H and O–H groups in total. The maximum atomic E-state index is 13.0. The Morgan fingerprint density at radius 2 is 2.12 bits per heavy atom. The van der Waals surface area contributed by atoms with E-state index < -0.39 is 5.56 Å². The van der Waals surface area contributed by atoms with Gasteiger partial charge in [0.05, 0.1) is 0 Å². The number of piperidine rings is 1. The molecule has 0 saturated carbocycles. The summed E-state index contributed by atoms with van der Waals surface area (Å²) in [5, 5.41) is 2.71. The number of nitrogens with zero attached hydrogens (tertiary/aromatic N) is 5.